The standard InChI is InChI=1S/C18H26O4/c1-3-5-7-9-11-15-21-17(19)13-14-18(20)22-16-12-10-8-6-4-2/h3-8,13-16H2,1-2H3. The van der Waals surface area contributed by atoms with Gasteiger partial charge < -0.3 is 9.47 Å². The lowest BCUT2D eigenvalue weighted by atomic mass is 10.2. The minimum absolute atomic E-state index is 0.0126. The Balaban J connectivity index is 3.61. The lowest BCUT2D eigenvalue weighted by Crippen LogP contribution is -2.10. The van der Waals surface area contributed by atoms with Gasteiger partial charge in [0.1, 0.15) is 0 Å². The molecule has 0 aromatic carbocycles. The maximum absolute atomic E-state index is 11.4. The fourth-order valence-corrected chi connectivity index (χ4v) is 1.39. The number of unbranched alkanes of at least 4 members (excludes halogenated alkanes) is 4. The molecule has 0 aliphatic rings. The van der Waals surface area contributed by atoms with Gasteiger partial charge in [-0.2, -0.15) is 0 Å². The van der Waals surface area contributed by atoms with E-state index in [0.717, 1.165) is 38.5 Å². The first-order valence-corrected chi connectivity index (χ1v) is 7.93. The molecular formula is C18H26O4. The highest BCUT2D eigenvalue weighted by atomic mass is 16.5. The first kappa shape index (κ1) is 20.1. The smallest absolute Gasteiger partial charge is 0.307 e. The lowest BCUT2D eigenvalue weighted by Gasteiger charge is -2.01. The Morgan fingerprint density at radius 3 is 1.50 bits per heavy atom. The highest BCUT2D eigenvalue weighted by Gasteiger charge is 2.07. The molecule has 0 bridgehead atoms. The Hall–Kier alpha value is -1.94. The molecule has 0 amide bonds. The monoisotopic (exact) mass is 306 g/mol. The maximum Gasteiger partial charge on any atom is 0.307 e. The van der Waals surface area contributed by atoms with Crippen LogP contribution in [0.4, 0.5) is 0 Å². The van der Waals surface area contributed by atoms with Gasteiger partial charge in [-0.25, -0.2) is 0 Å². The van der Waals surface area contributed by atoms with Gasteiger partial charge in [-0.3, -0.25) is 9.59 Å². The molecule has 0 saturated heterocycles. The zero-order chi connectivity index (χ0) is 16.5. The molecule has 0 aromatic rings. The number of hydrogen-bond donors (Lipinski definition) is 0. The van der Waals surface area contributed by atoms with E-state index < -0.39 is 11.9 Å². The second-order valence-corrected chi connectivity index (χ2v) is 4.74. The van der Waals surface area contributed by atoms with Crippen molar-refractivity contribution in [3.8, 4) is 23.7 Å². The molecule has 0 aliphatic heterocycles. The first-order chi connectivity index (χ1) is 10.7. The topological polar surface area (TPSA) is 52.6 Å². The summed E-state index contributed by atoms with van der Waals surface area (Å²) in [6, 6.07) is 0. The van der Waals surface area contributed by atoms with Gasteiger partial charge in [0.25, 0.3) is 0 Å². The summed E-state index contributed by atoms with van der Waals surface area (Å²) >= 11 is 0. The van der Waals surface area contributed by atoms with E-state index in [9.17, 15) is 9.59 Å². The summed E-state index contributed by atoms with van der Waals surface area (Å²) in [6.07, 6.45) is 5.96. The Kier molecular flexibility index (Phi) is 14.1. The van der Waals surface area contributed by atoms with Gasteiger partial charge in [-0.05, 0) is 12.8 Å². The van der Waals surface area contributed by atoms with Crippen molar-refractivity contribution >= 4 is 11.9 Å². The van der Waals surface area contributed by atoms with Crippen LogP contribution in [0.5, 0.6) is 0 Å². The van der Waals surface area contributed by atoms with Crippen molar-refractivity contribution in [2.45, 2.75) is 65.2 Å². The van der Waals surface area contributed by atoms with Crippen molar-refractivity contribution in [1.29, 1.82) is 0 Å². The van der Waals surface area contributed by atoms with Crippen LogP contribution in [-0.4, -0.2) is 25.2 Å². The molecular weight excluding hydrogens is 280 g/mol. The van der Waals surface area contributed by atoms with Crippen molar-refractivity contribution in [1.82, 2.24) is 0 Å². The van der Waals surface area contributed by atoms with Gasteiger partial charge in [0.05, 0.1) is 12.8 Å². The third-order valence-corrected chi connectivity index (χ3v) is 2.70. The van der Waals surface area contributed by atoms with Gasteiger partial charge in [0.2, 0.25) is 0 Å². The molecule has 0 aliphatic carbocycles. The predicted molar refractivity (Wildman–Crippen MR) is 85.8 cm³/mol. The fourth-order valence-electron chi connectivity index (χ4n) is 1.39. The third kappa shape index (κ3) is 14.5. The largest absolute Gasteiger partial charge is 0.452 e. The summed E-state index contributed by atoms with van der Waals surface area (Å²) in [5.41, 5.74) is 0. The zero-order valence-corrected chi connectivity index (χ0v) is 13.7. The predicted octanol–water partition coefficient (Wildman–Crippen LogP) is 3.24. The number of carbonyl (C=O) groups is 2. The number of hydrogen-bond acceptors (Lipinski definition) is 4. The number of rotatable bonds is 9. The minimum atomic E-state index is -0.434. The molecule has 0 rings (SSSR count). The van der Waals surface area contributed by atoms with Crippen LogP contribution >= 0.6 is 0 Å². The second-order valence-electron chi connectivity index (χ2n) is 4.74. The van der Waals surface area contributed by atoms with E-state index in [1.165, 1.54) is 0 Å². The van der Waals surface area contributed by atoms with E-state index in [4.69, 9.17) is 9.47 Å². The van der Waals surface area contributed by atoms with Crippen molar-refractivity contribution < 1.29 is 19.1 Å². The summed E-state index contributed by atoms with van der Waals surface area (Å²) < 4.78 is 9.79. The van der Waals surface area contributed by atoms with Crippen LogP contribution in [0.25, 0.3) is 0 Å². The molecule has 0 aromatic heterocycles. The zero-order valence-electron chi connectivity index (χ0n) is 13.7. The number of ether oxygens (including phenoxy) is 2. The Bertz CT molecular complexity index is 389. The van der Waals surface area contributed by atoms with Crippen LogP contribution in [0, 0.1) is 23.7 Å². The van der Waals surface area contributed by atoms with Crippen molar-refractivity contribution in [2.75, 3.05) is 13.2 Å². The molecule has 122 valence electrons. The number of carbonyl (C=O) groups excluding carboxylic acids is 2. The van der Waals surface area contributed by atoms with Crippen LogP contribution < -0.4 is 0 Å². The van der Waals surface area contributed by atoms with Gasteiger partial charge >= 0.3 is 11.9 Å². The molecule has 0 fully saturated rings. The summed E-state index contributed by atoms with van der Waals surface area (Å²) in [6.45, 7) is 4.36. The van der Waals surface area contributed by atoms with Crippen LogP contribution in [0.1, 0.15) is 65.2 Å². The summed E-state index contributed by atoms with van der Waals surface area (Å²) in [5, 5.41) is 0. The third-order valence-electron chi connectivity index (χ3n) is 2.70. The fraction of sp³-hybridized carbons (Fsp3) is 0.667. The van der Waals surface area contributed by atoms with Crippen LogP contribution in [0.15, 0.2) is 0 Å². The van der Waals surface area contributed by atoms with Crippen LogP contribution in [0.3, 0.4) is 0 Å². The maximum atomic E-state index is 11.4. The van der Waals surface area contributed by atoms with Gasteiger partial charge in [0, 0.05) is 12.8 Å². The molecule has 4 nitrogen and oxygen atoms in total. The van der Waals surface area contributed by atoms with E-state index in [0.29, 0.717) is 0 Å². The summed E-state index contributed by atoms with van der Waals surface area (Å²) in [7, 11) is 0. The van der Waals surface area contributed by atoms with Crippen molar-refractivity contribution in [3.05, 3.63) is 0 Å². The Morgan fingerprint density at radius 1 is 0.727 bits per heavy atom. The molecule has 0 saturated carbocycles. The average molecular weight is 306 g/mol. The summed E-state index contributed by atoms with van der Waals surface area (Å²) in [5.74, 6) is 10.5. The van der Waals surface area contributed by atoms with E-state index in [1.807, 2.05) is 0 Å². The minimum Gasteiger partial charge on any atom is -0.452 e. The Labute approximate surface area is 133 Å². The highest BCUT2D eigenvalue weighted by Crippen LogP contribution is 1.96. The van der Waals surface area contributed by atoms with Crippen molar-refractivity contribution in [2.24, 2.45) is 0 Å². The highest BCUT2D eigenvalue weighted by molar-refractivity contribution is 5.77. The molecule has 4 heteroatoms. The Morgan fingerprint density at radius 2 is 1.14 bits per heavy atom. The van der Waals surface area contributed by atoms with E-state index in [2.05, 4.69) is 37.5 Å². The molecule has 0 radical (unpaired) electrons. The quantitative estimate of drug-likeness (QED) is 0.373. The van der Waals surface area contributed by atoms with Crippen molar-refractivity contribution in [3.63, 3.8) is 0 Å². The van der Waals surface area contributed by atoms with E-state index >= 15 is 0 Å². The van der Waals surface area contributed by atoms with E-state index in [1.54, 1.807) is 0 Å². The SMILES string of the molecule is CCCCC#CCOC(=O)CCC(=O)OCC#CCCCC. The second kappa shape index (κ2) is 15.4. The summed E-state index contributed by atoms with van der Waals surface area (Å²) in [4.78, 5) is 22.7. The number of esters is 2. The van der Waals surface area contributed by atoms with Crippen LogP contribution in [-0.2, 0) is 19.1 Å². The molecule has 22 heavy (non-hydrogen) atoms. The molecule has 0 spiro atoms. The molecule has 0 atom stereocenters. The molecule has 0 heterocycles. The van der Waals surface area contributed by atoms with Gasteiger partial charge in [-0.15, -0.1) is 0 Å². The normalized spacial score (nSPS) is 9.00. The van der Waals surface area contributed by atoms with Gasteiger partial charge in [-0.1, -0.05) is 50.4 Å². The molecule has 0 unspecified atom stereocenters. The van der Waals surface area contributed by atoms with Crippen LogP contribution in [0.2, 0.25) is 0 Å². The average Bonchev–Trinajstić information content (AvgIpc) is 2.52. The van der Waals surface area contributed by atoms with E-state index in [-0.39, 0.29) is 26.1 Å². The van der Waals surface area contributed by atoms with Gasteiger partial charge in [0.15, 0.2) is 13.2 Å². The lowest BCUT2D eigenvalue weighted by molar-refractivity contribution is -0.148. The first-order valence-electron chi connectivity index (χ1n) is 7.93. The molecule has 0 N–H and O–H groups in total.